The lowest BCUT2D eigenvalue weighted by molar-refractivity contribution is -0.148. The van der Waals surface area contributed by atoms with E-state index < -0.39 is 17.5 Å². The van der Waals surface area contributed by atoms with Gasteiger partial charge in [0, 0.05) is 10.0 Å². The van der Waals surface area contributed by atoms with Crippen LogP contribution in [0, 0.1) is 0 Å². The van der Waals surface area contributed by atoms with E-state index in [1.54, 1.807) is 38.1 Å². The molecule has 1 aliphatic heterocycles. The van der Waals surface area contributed by atoms with Crippen molar-refractivity contribution in [3.8, 4) is 11.1 Å². The van der Waals surface area contributed by atoms with E-state index in [9.17, 15) is 9.59 Å². The molecule has 0 saturated carbocycles. The van der Waals surface area contributed by atoms with E-state index in [1.165, 1.54) is 0 Å². The number of carbonyl (C=O) groups is 2. The third-order valence-corrected chi connectivity index (χ3v) is 4.52. The Hall–Kier alpha value is -1.84. The topological polar surface area (TPSA) is 43.4 Å². The predicted molar refractivity (Wildman–Crippen MR) is 89.8 cm³/mol. The Kier molecular flexibility index (Phi) is 3.95. The first-order chi connectivity index (χ1) is 10.8. The van der Waals surface area contributed by atoms with Crippen molar-refractivity contribution >= 4 is 35.0 Å². The number of halogens is 2. The Labute approximate surface area is 144 Å². The molecule has 0 spiro atoms. The summed E-state index contributed by atoms with van der Waals surface area (Å²) in [6.45, 7) is 3.17. The minimum absolute atomic E-state index is 0.274. The van der Waals surface area contributed by atoms with E-state index in [1.807, 2.05) is 18.2 Å². The highest BCUT2D eigenvalue weighted by Gasteiger charge is 2.50. The molecule has 0 bridgehead atoms. The molecule has 1 saturated heterocycles. The molecule has 2 aromatic rings. The van der Waals surface area contributed by atoms with Gasteiger partial charge in [-0.3, -0.25) is 9.59 Å². The van der Waals surface area contributed by atoms with Crippen molar-refractivity contribution in [1.29, 1.82) is 0 Å². The van der Waals surface area contributed by atoms with E-state index in [0.717, 1.165) is 11.1 Å². The number of rotatable bonds is 2. The zero-order chi connectivity index (χ0) is 16.8. The molecule has 2 aromatic carbocycles. The lowest BCUT2D eigenvalue weighted by atomic mass is 9.89. The maximum Gasteiger partial charge on any atom is 0.322 e. The molecule has 0 amide bonds. The fraction of sp³-hybridized carbons (Fsp3) is 0.222. The van der Waals surface area contributed by atoms with Crippen molar-refractivity contribution < 1.29 is 14.3 Å². The summed E-state index contributed by atoms with van der Waals surface area (Å²) in [6.07, 6.45) is 0. The molecule has 1 unspecified atom stereocenters. The van der Waals surface area contributed by atoms with Gasteiger partial charge in [-0.2, -0.15) is 0 Å². The first-order valence-electron chi connectivity index (χ1n) is 7.12. The van der Waals surface area contributed by atoms with Crippen molar-refractivity contribution in [2.24, 2.45) is 0 Å². The molecular formula is C18H14Cl2O3. The molecule has 118 valence electrons. The van der Waals surface area contributed by atoms with Gasteiger partial charge >= 0.3 is 5.97 Å². The van der Waals surface area contributed by atoms with Crippen LogP contribution in [0.4, 0.5) is 0 Å². The zero-order valence-electron chi connectivity index (χ0n) is 12.6. The van der Waals surface area contributed by atoms with Crippen LogP contribution in [0.1, 0.15) is 25.3 Å². The van der Waals surface area contributed by atoms with Gasteiger partial charge in [0.15, 0.2) is 11.4 Å². The monoisotopic (exact) mass is 348 g/mol. The normalized spacial score (nSPS) is 19.7. The molecule has 1 aliphatic rings. The van der Waals surface area contributed by atoms with Gasteiger partial charge in [-0.05, 0) is 48.7 Å². The largest absolute Gasteiger partial charge is 0.451 e. The van der Waals surface area contributed by atoms with Gasteiger partial charge in [0.25, 0.3) is 0 Å². The van der Waals surface area contributed by atoms with Crippen molar-refractivity contribution in [3.63, 3.8) is 0 Å². The van der Waals surface area contributed by atoms with Gasteiger partial charge in [0.2, 0.25) is 0 Å². The second kappa shape index (κ2) is 5.66. The highest BCUT2D eigenvalue weighted by Crippen LogP contribution is 2.38. The highest BCUT2D eigenvalue weighted by molar-refractivity contribution is 6.33. The van der Waals surface area contributed by atoms with Crippen LogP contribution in [0.3, 0.4) is 0 Å². The quantitative estimate of drug-likeness (QED) is 0.586. The zero-order valence-corrected chi connectivity index (χ0v) is 14.1. The molecule has 5 heteroatoms. The summed E-state index contributed by atoms with van der Waals surface area (Å²) in [6, 6.07) is 12.6. The summed E-state index contributed by atoms with van der Waals surface area (Å²) in [5.41, 5.74) is 1.20. The van der Waals surface area contributed by atoms with Crippen molar-refractivity contribution in [2.45, 2.75) is 25.4 Å². The SMILES string of the molecule is CC1(C)OC(=O)C(c2ccc(-c3ccc(Cl)cc3)cc2Cl)C1=O. The number of cyclic esters (lactones) is 1. The number of hydrogen-bond acceptors (Lipinski definition) is 3. The molecule has 3 nitrogen and oxygen atoms in total. The van der Waals surface area contributed by atoms with Crippen LogP contribution < -0.4 is 0 Å². The second-order valence-corrected chi connectivity index (χ2v) is 6.82. The predicted octanol–water partition coefficient (Wildman–Crippen LogP) is 4.65. The number of esters is 1. The van der Waals surface area contributed by atoms with Gasteiger partial charge < -0.3 is 4.74 Å². The Balaban J connectivity index is 1.99. The van der Waals surface area contributed by atoms with E-state index in [0.29, 0.717) is 15.6 Å². The summed E-state index contributed by atoms with van der Waals surface area (Å²) in [5.74, 6) is -1.79. The Morgan fingerprint density at radius 2 is 1.57 bits per heavy atom. The summed E-state index contributed by atoms with van der Waals surface area (Å²) in [5, 5.41) is 1.02. The van der Waals surface area contributed by atoms with Gasteiger partial charge in [-0.25, -0.2) is 0 Å². The third-order valence-electron chi connectivity index (χ3n) is 3.94. The summed E-state index contributed by atoms with van der Waals surface area (Å²) in [7, 11) is 0. The molecule has 0 aliphatic carbocycles. The highest BCUT2D eigenvalue weighted by atomic mass is 35.5. The summed E-state index contributed by atoms with van der Waals surface area (Å²) >= 11 is 12.2. The maximum atomic E-state index is 12.4. The van der Waals surface area contributed by atoms with Gasteiger partial charge in [0.1, 0.15) is 5.92 Å². The van der Waals surface area contributed by atoms with Crippen LogP contribution >= 0.6 is 23.2 Å². The fourth-order valence-corrected chi connectivity index (χ4v) is 3.08. The van der Waals surface area contributed by atoms with E-state index >= 15 is 0 Å². The molecule has 23 heavy (non-hydrogen) atoms. The van der Waals surface area contributed by atoms with Crippen molar-refractivity contribution in [2.75, 3.05) is 0 Å². The van der Waals surface area contributed by atoms with Crippen molar-refractivity contribution in [1.82, 2.24) is 0 Å². The number of ether oxygens (including phenoxy) is 1. The standard InChI is InChI=1S/C18H14Cl2O3/c1-18(2)16(21)15(17(22)23-18)13-8-5-11(9-14(13)20)10-3-6-12(19)7-4-10/h3-9,15H,1-2H3. The number of Topliss-reactive ketones (excluding diaryl/α,β-unsaturated/α-hetero) is 1. The van der Waals surface area contributed by atoms with Crippen molar-refractivity contribution in [3.05, 3.63) is 58.1 Å². The molecule has 1 atom stereocenters. The number of ketones is 1. The third kappa shape index (κ3) is 2.87. The lowest BCUT2D eigenvalue weighted by Crippen LogP contribution is -2.29. The maximum absolute atomic E-state index is 12.4. The number of carbonyl (C=O) groups excluding carboxylic acids is 2. The number of benzene rings is 2. The van der Waals surface area contributed by atoms with Gasteiger partial charge in [0.05, 0.1) is 0 Å². The molecule has 1 heterocycles. The van der Waals surface area contributed by atoms with E-state index in [-0.39, 0.29) is 5.78 Å². The van der Waals surface area contributed by atoms with Crippen LogP contribution in [0.15, 0.2) is 42.5 Å². The van der Waals surface area contributed by atoms with E-state index in [2.05, 4.69) is 0 Å². The Morgan fingerprint density at radius 3 is 2.09 bits per heavy atom. The van der Waals surface area contributed by atoms with Crippen LogP contribution in [-0.2, 0) is 14.3 Å². The summed E-state index contributed by atoms with van der Waals surface area (Å²) in [4.78, 5) is 24.4. The Bertz CT molecular complexity index is 794. The first kappa shape index (κ1) is 16.0. The minimum Gasteiger partial charge on any atom is -0.451 e. The number of hydrogen-bond donors (Lipinski definition) is 0. The van der Waals surface area contributed by atoms with Crippen LogP contribution in [0.2, 0.25) is 10.0 Å². The van der Waals surface area contributed by atoms with Crippen LogP contribution in [0.5, 0.6) is 0 Å². The molecule has 0 N–H and O–H groups in total. The molecule has 0 aromatic heterocycles. The molecule has 0 radical (unpaired) electrons. The van der Waals surface area contributed by atoms with E-state index in [4.69, 9.17) is 27.9 Å². The average molecular weight is 349 g/mol. The fourth-order valence-electron chi connectivity index (χ4n) is 2.67. The molecule has 1 fully saturated rings. The first-order valence-corrected chi connectivity index (χ1v) is 7.88. The average Bonchev–Trinajstić information content (AvgIpc) is 2.69. The minimum atomic E-state index is -1.11. The molecule has 3 rings (SSSR count). The van der Waals surface area contributed by atoms with Crippen LogP contribution in [0.25, 0.3) is 11.1 Å². The smallest absolute Gasteiger partial charge is 0.322 e. The molecular weight excluding hydrogens is 335 g/mol. The second-order valence-electron chi connectivity index (χ2n) is 5.97. The Morgan fingerprint density at radius 1 is 0.957 bits per heavy atom. The van der Waals surface area contributed by atoms with Gasteiger partial charge in [-0.1, -0.05) is 47.5 Å². The van der Waals surface area contributed by atoms with Crippen LogP contribution in [-0.4, -0.2) is 17.4 Å². The lowest BCUT2D eigenvalue weighted by Gasteiger charge is -2.13. The van der Waals surface area contributed by atoms with Gasteiger partial charge in [-0.15, -0.1) is 0 Å². The summed E-state index contributed by atoms with van der Waals surface area (Å²) < 4.78 is 5.15.